The first-order chi connectivity index (χ1) is 18.0. The maximum Gasteiger partial charge on any atom is 0.411 e. The van der Waals surface area contributed by atoms with Crippen molar-refractivity contribution in [2.45, 2.75) is 91.2 Å². The molecule has 11 heteroatoms. The van der Waals surface area contributed by atoms with Crippen molar-refractivity contribution in [2.24, 2.45) is 5.92 Å². The molecule has 0 aliphatic carbocycles. The molecule has 11 nitrogen and oxygen atoms in total. The zero-order valence-electron chi connectivity index (χ0n) is 23.9. The number of amides is 2. The number of ether oxygens (including phenoxy) is 4. The van der Waals surface area contributed by atoms with E-state index in [0.717, 1.165) is 0 Å². The molecule has 0 unspecified atom stereocenters. The van der Waals surface area contributed by atoms with E-state index >= 15 is 0 Å². The molecule has 1 aliphatic rings. The third-order valence-electron chi connectivity index (χ3n) is 5.55. The van der Waals surface area contributed by atoms with Crippen LogP contribution in [0.5, 0.6) is 0 Å². The molecule has 39 heavy (non-hydrogen) atoms. The fraction of sp³-hybridized carbons (Fsp3) is 0.607. The van der Waals surface area contributed by atoms with E-state index in [1.165, 1.54) is 11.8 Å². The van der Waals surface area contributed by atoms with Gasteiger partial charge in [-0.05, 0) is 60.8 Å². The Kier molecular flexibility index (Phi) is 10.5. The molecule has 1 heterocycles. The highest BCUT2D eigenvalue weighted by atomic mass is 16.6. The van der Waals surface area contributed by atoms with Crippen LogP contribution in [0.1, 0.15) is 72.2 Å². The normalized spacial score (nSPS) is 18.9. The van der Waals surface area contributed by atoms with Crippen LogP contribution in [0.15, 0.2) is 30.3 Å². The predicted molar refractivity (Wildman–Crippen MR) is 141 cm³/mol. The highest BCUT2D eigenvalue weighted by molar-refractivity contribution is 5.98. The Balaban J connectivity index is 2.15. The summed E-state index contributed by atoms with van der Waals surface area (Å²) < 4.78 is 21.4. The van der Waals surface area contributed by atoms with Crippen LogP contribution in [0.2, 0.25) is 0 Å². The Labute approximate surface area is 229 Å². The number of rotatable bonds is 8. The van der Waals surface area contributed by atoms with E-state index in [-0.39, 0.29) is 5.92 Å². The van der Waals surface area contributed by atoms with Gasteiger partial charge >= 0.3 is 24.1 Å². The second kappa shape index (κ2) is 12.9. The maximum atomic E-state index is 13.2. The molecule has 1 aromatic rings. The van der Waals surface area contributed by atoms with Crippen LogP contribution in [0.25, 0.3) is 0 Å². The van der Waals surface area contributed by atoms with Crippen molar-refractivity contribution in [2.75, 3.05) is 13.2 Å². The van der Waals surface area contributed by atoms with Gasteiger partial charge in [-0.3, -0.25) is 9.69 Å². The number of carbonyl (C=O) groups is 5. The third kappa shape index (κ3) is 10.2. The van der Waals surface area contributed by atoms with Crippen LogP contribution in [0.3, 0.4) is 0 Å². The zero-order valence-corrected chi connectivity index (χ0v) is 23.9. The first-order valence-corrected chi connectivity index (χ1v) is 12.9. The summed E-state index contributed by atoms with van der Waals surface area (Å²) in [6.07, 6.45) is -2.47. The largest absolute Gasteiger partial charge is 0.458 e. The average Bonchev–Trinajstić information content (AvgIpc) is 3.21. The Bertz CT molecular complexity index is 1040. The first kappa shape index (κ1) is 31.6. The van der Waals surface area contributed by atoms with Crippen molar-refractivity contribution in [3.8, 4) is 0 Å². The molecule has 0 radical (unpaired) electrons. The van der Waals surface area contributed by atoms with Gasteiger partial charge in [-0.15, -0.1) is 0 Å². The lowest BCUT2D eigenvalue weighted by Gasteiger charge is -2.29. The number of esters is 2. The topological polar surface area (TPSA) is 138 Å². The summed E-state index contributed by atoms with van der Waals surface area (Å²) in [7, 11) is 0. The monoisotopic (exact) mass is 548 g/mol. The van der Waals surface area contributed by atoms with Crippen molar-refractivity contribution in [1.29, 1.82) is 0 Å². The number of nitrogens with one attached hydrogen (secondary N) is 1. The van der Waals surface area contributed by atoms with Crippen molar-refractivity contribution in [1.82, 2.24) is 10.2 Å². The fourth-order valence-electron chi connectivity index (χ4n) is 3.86. The van der Waals surface area contributed by atoms with Gasteiger partial charge in [-0.2, -0.15) is 0 Å². The SMILES string of the molecule is C[C@H]1C[C@@H](C(=O)O[C@@H](C)[C@H](NC(=O)OC(C)(C)C)C(=O)OCC(=O)c2ccccc2)N(C(=O)OC(C)(C)C)C1. The summed E-state index contributed by atoms with van der Waals surface area (Å²) in [5.41, 5.74) is -1.28. The van der Waals surface area contributed by atoms with Crippen LogP contribution in [0.4, 0.5) is 9.59 Å². The second-order valence-electron chi connectivity index (χ2n) is 11.7. The average molecular weight is 549 g/mol. The van der Waals surface area contributed by atoms with Crippen molar-refractivity contribution >= 4 is 29.9 Å². The molecule has 1 fully saturated rings. The molecule has 2 amide bonds. The van der Waals surface area contributed by atoms with Gasteiger partial charge in [0, 0.05) is 12.1 Å². The molecule has 216 valence electrons. The molecule has 1 aliphatic heterocycles. The zero-order chi connectivity index (χ0) is 29.5. The summed E-state index contributed by atoms with van der Waals surface area (Å²) in [5.74, 6) is -2.19. The molecule has 1 N–H and O–H groups in total. The van der Waals surface area contributed by atoms with Gasteiger partial charge in [0.1, 0.15) is 23.3 Å². The molecule has 0 saturated carbocycles. The number of hydrogen-bond acceptors (Lipinski definition) is 9. The Morgan fingerprint density at radius 1 is 0.974 bits per heavy atom. The smallest absolute Gasteiger partial charge is 0.411 e. The van der Waals surface area contributed by atoms with E-state index < -0.39 is 65.9 Å². The number of nitrogens with zero attached hydrogens (tertiary/aromatic N) is 1. The minimum absolute atomic E-state index is 0.00928. The quantitative estimate of drug-likeness (QED) is 0.291. The van der Waals surface area contributed by atoms with E-state index in [1.54, 1.807) is 71.9 Å². The number of alkyl carbamates (subject to hydrolysis) is 1. The molecular weight excluding hydrogens is 508 g/mol. The number of benzene rings is 1. The number of likely N-dealkylation sites (tertiary alicyclic amines) is 1. The fourth-order valence-corrected chi connectivity index (χ4v) is 3.86. The van der Waals surface area contributed by atoms with Gasteiger partial charge in [0.05, 0.1) is 0 Å². The minimum atomic E-state index is -1.49. The van der Waals surface area contributed by atoms with E-state index in [0.29, 0.717) is 18.5 Å². The molecular formula is C28H40N2O9. The summed E-state index contributed by atoms with van der Waals surface area (Å²) in [4.78, 5) is 65.0. The van der Waals surface area contributed by atoms with E-state index in [2.05, 4.69) is 5.32 Å². The summed E-state index contributed by atoms with van der Waals surface area (Å²) in [6.45, 7) is 13.1. The molecule has 0 bridgehead atoms. The van der Waals surface area contributed by atoms with Gasteiger partial charge < -0.3 is 24.3 Å². The predicted octanol–water partition coefficient (Wildman–Crippen LogP) is 3.88. The van der Waals surface area contributed by atoms with Gasteiger partial charge in [0.2, 0.25) is 0 Å². The lowest BCUT2D eigenvalue weighted by atomic mass is 10.1. The number of carbonyl (C=O) groups excluding carboxylic acids is 5. The Morgan fingerprint density at radius 2 is 1.56 bits per heavy atom. The van der Waals surface area contributed by atoms with E-state index in [1.807, 2.05) is 6.92 Å². The van der Waals surface area contributed by atoms with Crippen LogP contribution < -0.4 is 5.32 Å². The van der Waals surface area contributed by atoms with E-state index in [9.17, 15) is 24.0 Å². The van der Waals surface area contributed by atoms with Gasteiger partial charge in [0.15, 0.2) is 18.4 Å². The molecule has 2 rings (SSSR count). The molecule has 4 atom stereocenters. The molecule has 1 aromatic carbocycles. The van der Waals surface area contributed by atoms with Crippen molar-refractivity contribution < 1.29 is 42.9 Å². The van der Waals surface area contributed by atoms with Crippen LogP contribution in [0, 0.1) is 5.92 Å². The number of hydrogen-bond donors (Lipinski definition) is 1. The van der Waals surface area contributed by atoms with Crippen molar-refractivity contribution in [3.63, 3.8) is 0 Å². The lowest BCUT2D eigenvalue weighted by molar-refractivity contribution is -0.160. The van der Waals surface area contributed by atoms with Crippen LogP contribution in [-0.2, 0) is 28.5 Å². The highest BCUT2D eigenvalue weighted by Gasteiger charge is 2.43. The summed E-state index contributed by atoms with van der Waals surface area (Å²) in [5, 5.41) is 2.38. The highest BCUT2D eigenvalue weighted by Crippen LogP contribution is 2.26. The number of ketones is 1. The second-order valence-corrected chi connectivity index (χ2v) is 11.7. The van der Waals surface area contributed by atoms with Gasteiger partial charge in [0.25, 0.3) is 0 Å². The van der Waals surface area contributed by atoms with Gasteiger partial charge in [-0.25, -0.2) is 19.2 Å². The van der Waals surface area contributed by atoms with E-state index in [4.69, 9.17) is 18.9 Å². The lowest BCUT2D eigenvalue weighted by Crippen LogP contribution is -2.53. The summed E-state index contributed by atoms with van der Waals surface area (Å²) in [6, 6.07) is 5.83. The van der Waals surface area contributed by atoms with Crippen LogP contribution in [-0.4, -0.2) is 77.3 Å². The molecule has 0 aromatic heterocycles. The summed E-state index contributed by atoms with van der Waals surface area (Å²) >= 11 is 0. The van der Waals surface area contributed by atoms with Crippen molar-refractivity contribution in [3.05, 3.63) is 35.9 Å². The maximum absolute atomic E-state index is 13.2. The molecule has 0 spiro atoms. The number of Topliss-reactive ketones (excluding diaryl/α,β-unsaturated/α-hetero) is 1. The Hall–Kier alpha value is -3.63. The first-order valence-electron chi connectivity index (χ1n) is 12.9. The van der Waals surface area contributed by atoms with Gasteiger partial charge in [-0.1, -0.05) is 37.3 Å². The van der Waals surface area contributed by atoms with Crippen LogP contribution >= 0.6 is 0 Å². The molecule has 1 saturated heterocycles. The third-order valence-corrected chi connectivity index (χ3v) is 5.55. The standard InChI is InChI=1S/C28H40N2O9/c1-17-14-20(30(15-17)26(35)39-28(6,7)8)23(32)37-18(2)22(29-25(34)38-27(3,4)5)24(33)36-16-21(31)19-12-10-9-11-13-19/h9-13,17-18,20,22H,14-16H2,1-8H3,(H,29,34)/t17-,18-,20-,22-/m0/s1. The minimum Gasteiger partial charge on any atom is -0.458 e. The Morgan fingerprint density at radius 3 is 2.13 bits per heavy atom.